The zero-order valence-electron chi connectivity index (χ0n) is 16.1. The van der Waals surface area contributed by atoms with Gasteiger partial charge in [-0.05, 0) is 31.0 Å². The maximum Gasteiger partial charge on any atom is 0.272 e. The Labute approximate surface area is 168 Å². The second-order valence-electron chi connectivity index (χ2n) is 6.53. The van der Waals surface area contributed by atoms with Crippen LogP contribution in [0.25, 0.3) is 22.0 Å². The molecule has 0 spiro atoms. The normalized spacial score (nSPS) is 10.8. The van der Waals surface area contributed by atoms with E-state index < -0.39 is 0 Å². The first-order chi connectivity index (χ1) is 14.2. The van der Waals surface area contributed by atoms with E-state index in [4.69, 9.17) is 4.84 Å². The molecular formula is C22H24N4O3. The summed E-state index contributed by atoms with van der Waals surface area (Å²) in [5.74, 6) is -0.0477. The summed E-state index contributed by atoms with van der Waals surface area (Å²) in [6, 6.07) is 14.8. The van der Waals surface area contributed by atoms with Crippen LogP contribution in [0, 0.1) is 0 Å². The smallest absolute Gasteiger partial charge is 0.272 e. The van der Waals surface area contributed by atoms with E-state index >= 15 is 0 Å². The molecule has 150 valence electrons. The number of nitrogens with one attached hydrogen (secondary N) is 3. The van der Waals surface area contributed by atoms with Crippen molar-refractivity contribution >= 4 is 22.4 Å². The van der Waals surface area contributed by atoms with Crippen molar-refractivity contribution < 1.29 is 9.63 Å². The molecule has 0 aliphatic carbocycles. The molecule has 3 aromatic rings. The quantitative estimate of drug-likeness (QED) is 0.279. The van der Waals surface area contributed by atoms with Crippen molar-refractivity contribution in [3.8, 4) is 11.3 Å². The van der Waals surface area contributed by atoms with Gasteiger partial charge >= 0.3 is 0 Å². The number of rotatable bonds is 10. The van der Waals surface area contributed by atoms with E-state index in [1.807, 2.05) is 42.5 Å². The maximum atomic E-state index is 12.2. The molecule has 1 aromatic heterocycles. The van der Waals surface area contributed by atoms with Gasteiger partial charge in [-0.3, -0.25) is 14.4 Å². The Morgan fingerprint density at radius 1 is 1.14 bits per heavy atom. The topological polar surface area (TPSA) is 96.1 Å². The van der Waals surface area contributed by atoms with E-state index in [0.29, 0.717) is 36.3 Å². The maximum absolute atomic E-state index is 12.2. The van der Waals surface area contributed by atoms with Gasteiger partial charge < -0.3 is 5.32 Å². The molecule has 0 unspecified atom stereocenters. The van der Waals surface area contributed by atoms with Crippen LogP contribution in [0.2, 0.25) is 0 Å². The molecule has 0 aliphatic heterocycles. The summed E-state index contributed by atoms with van der Waals surface area (Å²) in [5, 5.41) is 11.0. The van der Waals surface area contributed by atoms with Crippen molar-refractivity contribution in [2.75, 3.05) is 18.5 Å². The minimum Gasteiger partial charge on any atom is -0.326 e. The number of nitrogens with zero attached hydrogens (tertiary/aromatic N) is 1. The monoisotopic (exact) mass is 392 g/mol. The SMILES string of the molecule is C=CCONCCCCC(=O)Nc1cccc(-c2n[nH]c(=O)c3ccccc23)c1. The lowest BCUT2D eigenvalue weighted by Crippen LogP contribution is -2.17. The largest absolute Gasteiger partial charge is 0.326 e. The minimum absolute atomic E-state index is 0.0477. The molecule has 1 heterocycles. The van der Waals surface area contributed by atoms with Crippen LogP contribution in [0.15, 0.2) is 66.0 Å². The number of benzene rings is 2. The summed E-state index contributed by atoms with van der Waals surface area (Å²) in [6.45, 7) is 4.70. The van der Waals surface area contributed by atoms with Crippen LogP contribution in [-0.4, -0.2) is 29.3 Å². The van der Waals surface area contributed by atoms with Crippen LogP contribution in [0.5, 0.6) is 0 Å². The predicted molar refractivity (Wildman–Crippen MR) is 114 cm³/mol. The molecular weight excluding hydrogens is 368 g/mol. The lowest BCUT2D eigenvalue weighted by Gasteiger charge is -2.09. The standard InChI is InChI=1S/C22H24N4O3/c1-2-14-29-23-13-6-5-12-20(27)24-17-9-7-8-16(15-17)21-18-10-3-4-11-19(18)22(28)26-25-21/h2-4,7-11,15,23H,1,5-6,12-14H2,(H,24,27)(H,26,28). The molecule has 0 aliphatic rings. The lowest BCUT2D eigenvalue weighted by atomic mass is 10.0. The number of unbranched alkanes of at least 4 members (excludes halogenated alkanes) is 1. The Kier molecular flexibility index (Phi) is 7.27. The van der Waals surface area contributed by atoms with Gasteiger partial charge in [-0.1, -0.05) is 36.4 Å². The zero-order chi connectivity index (χ0) is 20.5. The van der Waals surface area contributed by atoms with Gasteiger partial charge in [0.25, 0.3) is 5.56 Å². The third kappa shape index (κ3) is 5.60. The van der Waals surface area contributed by atoms with Gasteiger partial charge in [0.05, 0.1) is 17.7 Å². The Morgan fingerprint density at radius 2 is 1.97 bits per heavy atom. The molecule has 7 heteroatoms. The number of anilines is 1. The number of carbonyl (C=O) groups is 1. The molecule has 1 amide bonds. The number of fused-ring (bicyclic) bond motifs is 1. The first-order valence-corrected chi connectivity index (χ1v) is 9.52. The predicted octanol–water partition coefficient (Wildman–Crippen LogP) is 3.41. The van der Waals surface area contributed by atoms with Crippen LogP contribution in [0.3, 0.4) is 0 Å². The van der Waals surface area contributed by atoms with Crippen molar-refractivity contribution in [3.63, 3.8) is 0 Å². The van der Waals surface area contributed by atoms with Gasteiger partial charge in [-0.2, -0.15) is 5.10 Å². The van der Waals surface area contributed by atoms with Gasteiger partial charge in [0, 0.05) is 29.6 Å². The van der Waals surface area contributed by atoms with Gasteiger partial charge in [-0.15, -0.1) is 6.58 Å². The van der Waals surface area contributed by atoms with Crippen molar-refractivity contribution in [1.29, 1.82) is 0 Å². The summed E-state index contributed by atoms with van der Waals surface area (Å²) in [6.07, 6.45) is 3.67. The highest BCUT2D eigenvalue weighted by atomic mass is 16.6. The van der Waals surface area contributed by atoms with Crippen LogP contribution >= 0.6 is 0 Å². The van der Waals surface area contributed by atoms with E-state index in [9.17, 15) is 9.59 Å². The highest BCUT2D eigenvalue weighted by Crippen LogP contribution is 2.26. The van der Waals surface area contributed by atoms with Crippen LogP contribution < -0.4 is 16.4 Å². The third-order valence-corrected chi connectivity index (χ3v) is 4.35. The van der Waals surface area contributed by atoms with Crippen molar-refractivity contribution in [1.82, 2.24) is 15.7 Å². The first-order valence-electron chi connectivity index (χ1n) is 9.52. The minimum atomic E-state index is -0.224. The summed E-state index contributed by atoms with van der Waals surface area (Å²) in [7, 11) is 0. The van der Waals surface area contributed by atoms with E-state index in [1.54, 1.807) is 12.1 Å². The molecule has 0 fully saturated rings. The highest BCUT2D eigenvalue weighted by Gasteiger charge is 2.10. The second-order valence-corrected chi connectivity index (χ2v) is 6.53. The number of H-pyrrole nitrogens is 1. The van der Waals surface area contributed by atoms with Gasteiger partial charge in [-0.25, -0.2) is 10.6 Å². The molecule has 0 saturated carbocycles. The van der Waals surface area contributed by atoms with Crippen molar-refractivity contribution in [3.05, 3.63) is 71.5 Å². The van der Waals surface area contributed by atoms with Crippen molar-refractivity contribution in [2.24, 2.45) is 0 Å². The lowest BCUT2D eigenvalue weighted by molar-refractivity contribution is -0.116. The number of hydroxylamine groups is 1. The van der Waals surface area contributed by atoms with Gasteiger partial charge in [0.15, 0.2) is 0 Å². The molecule has 3 N–H and O–H groups in total. The van der Waals surface area contributed by atoms with Crippen LogP contribution in [0.4, 0.5) is 5.69 Å². The molecule has 0 radical (unpaired) electrons. The summed E-state index contributed by atoms with van der Waals surface area (Å²) < 4.78 is 0. The number of aromatic amines is 1. The average molecular weight is 392 g/mol. The second kappa shape index (κ2) is 10.3. The van der Waals surface area contributed by atoms with E-state index in [2.05, 4.69) is 27.6 Å². The number of hydrogen-bond acceptors (Lipinski definition) is 5. The Bertz CT molecular complexity index is 1050. The molecule has 0 bridgehead atoms. The Morgan fingerprint density at radius 3 is 2.79 bits per heavy atom. The highest BCUT2D eigenvalue weighted by molar-refractivity contribution is 5.95. The Hall–Kier alpha value is -3.29. The number of carbonyl (C=O) groups excluding carboxylic acids is 1. The fraction of sp³-hybridized carbons (Fsp3) is 0.227. The van der Waals surface area contributed by atoms with E-state index in [0.717, 1.165) is 23.8 Å². The summed E-state index contributed by atoms with van der Waals surface area (Å²) >= 11 is 0. The zero-order valence-corrected chi connectivity index (χ0v) is 16.1. The summed E-state index contributed by atoms with van der Waals surface area (Å²) in [5.41, 5.74) is 4.77. The van der Waals surface area contributed by atoms with E-state index in [-0.39, 0.29) is 11.5 Å². The average Bonchev–Trinajstić information content (AvgIpc) is 2.74. The molecule has 29 heavy (non-hydrogen) atoms. The summed E-state index contributed by atoms with van der Waals surface area (Å²) in [4.78, 5) is 29.3. The van der Waals surface area contributed by atoms with Gasteiger partial charge in [0.2, 0.25) is 5.91 Å². The molecule has 0 saturated heterocycles. The van der Waals surface area contributed by atoms with E-state index in [1.165, 1.54) is 0 Å². The van der Waals surface area contributed by atoms with Gasteiger partial charge in [0.1, 0.15) is 0 Å². The Balaban J connectivity index is 1.62. The first kappa shape index (κ1) is 20.4. The molecule has 3 rings (SSSR count). The number of aromatic nitrogens is 2. The fourth-order valence-electron chi connectivity index (χ4n) is 2.98. The number of hydrogen-bond donors (Lipinski definition) is 3. The van der Waals surface area contributed by atoms with Crippen molar-refractivity contribution in [2.45, 2.75) is 19.3 Å². The third-order valence-electron chi connectivity index (χ3n) is 4.35. The molecule has 7 nitrogen and oxygen atoms in total. The molecule has 0 atom stereocenters. The fourth-order valence-corrected chi connectivity index (χ4v) is 2.98. The number of amides is 1. The van der Waals surface area contributed by atoms with Crippen LogP contribution in [-0.2, 0) is 9.63 Å². The van der Waals surface area contributed by atoms with Crippen LogP contribution in [0.1, 0.15) is 19.3 Å². The molecule has 2 aromatic carbocycles.